The van der Waals surface area contributed by atoms with Crippen molar-refractivity contribution in [1.82, 2.24) is 9.58 Å². The van der Waals surface area contributed by atoms with Gasteiger partial charge in [-0.1, -0.05) is 42.8 Å². The summed E-state index contributed by atoms with van der Waals surface area (Å²) in [7, 11) is 0. The van der Waals surface area contributed by atoms with Crippen molar-refractivity contribution < 1.29 is 19.5 Å². The van der Waals surface area contributed by atoms with Crippen molar-refractivity contribution >= 4 is 28.6 Å². The van der Waals surface area contributed by atoms with E-state index in [9.17, 15) is 14.4 Å². The van der Waals surface area contributed by atoms with Crippen molar-refractivity contribution in [2.45, 2.75) is 19.9 Å². The number of hydrogen-bond donors (Lipinski definition) is 0. The van der Waals surface area contributed by atoms with Crippen LogP contribution in [0.2, 0.25) is 0 Å². The molecule has 1 aromatic heterocycles. The normalized spacial score (nSPS) is 15.0. The van der Waals surface area contributed by atoms with E-state index in [2.05, 4.69) is 5.10 Å². The van der Waals surface area contributed by atoms with Crippen LogP contribution in [-0.4, -0.2) is 33.3 Å². The number of carbonyl (C=O) groups is 3. The molecule has 0 aliphatic carbocycles. The maximum atomic E-state index is 13.2. The summed E-state index contributed by atoms with van der Waals surface area (Å²) in [5, 5.41) is 3.90. The van der Waals surface area contributed by atoms with Gasteiger partial charge in [0.1, 0.15) is 6.04 Å². The van der Waals surface area contributed by atoms with E-state index in [4.69, 9.17) is 0 Å². The van der Waals surface area contributed by atoms with Gasteiger partial charge in [0.2, 0.25) is 5.52 Å². The van der Waals surface area contributed by atoms with E-state index in [1.807, 2.05) is 38.1 Å². The van der Waals surface area contributed by atoms with Crippen LogP contribution in [0.3, 0.4) is 0 Å². The highest BCUT2D eigenvalue weighted by molar-refractivity contribution is 6.22. The van der Waals surface area contributed by atoms with Crippen LogP contribution in [0.25, 0.3) is 10.9 Å². The SMILES string of the molecule is CC(C)[C@@H](C(=O)n1cc2ccccc2[nH+]1)N1C(=O)c2ccccc2C1=O. The molecule has 1 aliphatic heterocycles. The molecule has 0 unspecified atom stereocenters. The predicted molar refractivity (Wildman–Crippen MR) is 94.7 cm³/mol. The van der Waals surface area contributed by atoms with Gasteiger partial charge in [-0.2, -0.15) is 0 Å². The Bertz CT molecular complexity index is 983. The summed E-state index contributed by atoms with van der Waals surface area (Å²) in [5.74, 6) is -1.42. The van der Waals surface area contributed by atoms with Crippen molar-refractivity contribution in [3.63, 3.8) is 0 Å². The van der Waals surface area contributed by atoms with Gasteiger partial charge < -0.3 is 0 Å². The average Bonchev–Trinajstić information content (AvgIpc) is 3.17. The Balaban J connectivity index is 1.76. The van der Waals surface area contributed by atoms with Crippen LogP contribution < -0.4 is 5.10 Å². The first-order valence-electron chi connectivity index (χ1n) is 8.49. The van der Waals surface area contributed by atoms with Crippen LogP contribution in [0.5, 0.6) is 0 Å². The van der Waals surface area contributed by atoms with Crippen LogP contribution in [0.1, 0.15) is 39.4 Å². The molecule has 2 aromatic carbocycles. The first-order chi connectivity index (χ1) is 12.5. The Morgan fingerprint density at radius 3 is 2.08 bits per heavy atom. The molecule has 1 aliphatic rings. The lowest BCUT2D eigenvalue weighted by atomic mass is 10.0. The molecule has 6 nitrogen and oxygen atoms in total. The fourth-order valence-electron chi connectivity index (χ4n) is 3.43. The second kappa shape index (κ2) is 5.91. The van der Waals surface area contributed by atoms with Crippen LogP contribution in [0.15, 0.2) is 54.7 Å². The van der Waals surface area contributed by atoms with Crippen LogP contribution in [0.4, 0.5) is 0 Å². The summed E-state index contributed by atoms with van der Waals surface area (Å²) in [6.07, 6.45) is 1.69. The van der Waals surface area contributed by atoms with E-state index in [1.165, 1.54) is 4.68 Å². The lowest BCUT2D eigenvalue weighted by Gasteiger charge is -2.26. The number of H-pyrrole nitrogens is 1. The molecule has 3 aromatic rings. The highest BCUT2D eigenvalue weighted by Gasteiger charge is 2.45. The zero-order valence-corrected chi connectivity index (χ0v) is 14.5. The van der Waals surface area contributed by atoms with Gasteiger partial charge in [0.15, 0.2) is 0 Å². The van der Waals surface area contributed by atoms with E-state index in [0.29, 0.717) is 11.1 Å². The molecule has 0 bridgehead atoms. The van der Waals surface area contributed by atoms with E-state index < -0.39 is 17.9 Å². The molecule has 0 spiro atoms. The lowest BCUT2D eigenvalue weighted by Crippen LogP contribution is -2.51. The molecule has 0 fully saturated rings. The zero-order valence-electron chi connectivity index (χ0n) is 14.5. The van der Waals surface area contributed by atoms with Gasteiger partial charge in [0.05, 0.1) is 22.7 Å². The van der Waals surface area contributed by atoms with Crippen molar-refractivity contribution in [3.8, 4) is 0 Å². The van der Waals surface area contributed by atoms with Gasteiger partial charge in [-0.05, 0) is 24.1 Å². The largest absolute Gasteiger partial charge is 0.305 e. The number of benzene rings is 2. The molecular weight excluding hydrogens is 330 g/mol. The summed E-state index contributed by atoms with van der Waals surface area (Å²) in [5.41, 5.74) is 1.50. The molecule has 2 amide bonds. The van der Waals surface area contributed by atoms with E-state index in [1.54, 1.807) is 30.5 Å². The number of nitrogens with one attached hydrogen (secondary N) is 1. The standard InChI is InChI=1S/C20H17N3O3/c1-12(2)17(20(26)22-11-13-7-3-6-10-16(13)21-22)23-18(24)14-8-4-5-9-15(14)19(23)25/h3-12,17H,1-2H3/p+1/t17-/m0/s1. The van der Waals surface area contributed by atoms with Crippen molar-refractivity contribution in [3.05, 3.63) is 65.9 Å². The first kappa shape index (κ1) is 16.2. The Hall–Kier alpha value is -3.28. The highest BCUT2D eigenvalue weighted by Crippen LogP contribution is 2.27. The molecule has 130 valence electrons. The molecule has 26 heavy (non-hydrogen) atoms. The lowest BCUT2D eigenvalue weighted by molar-refractivity contribution is -0.444. The number of imide groups is 1. The summed E-state index contributed by atoms with van der Waals surface area (Å²) in [6.45, 7) is 3.66. The van der Waals surface area contributed by atoms with Gasteiger partial charge in [0.25, 0.3) is 11.8 Å². The Morgan fingerprint density at radius 2 is 1.50 bits per heavy atom. The summed E-state index contributed by atoms with van der Waals surface area (Å²) in [4.78, 5) is 39.9. The van der Waals surface area contributed by atoms with Gasteiger partial charge in [-0.15, -0.1) is 5.10 Å². The Labute approximate surface area is 150 Å². The van der Waals surface area contributed by atoms with Crippen LogP contribution >= 0.6 is 0 Å². The molecule has 1 N–H and O–H groups in total. The number of nitrogens with zero attached hydrogens (tertiary/aromatic N) is 2. The number of hydrogen-bond acceptors (Lipinski definition) is 3. The minimum Gasteiger partial charge on any atom is -0.269 e. The molecule has 0 saturated heterocycles. The van der Waals surface area contributed by atoms with E-state index >= 15 is 0 Å². The number of rotatable bonds is 3. The minimum atomic E-state index is -0.888. The molecular formula is C20H18N3O3+. The van der Waals surface area contributed by atoms with Crippen LogP contribution in [0, 0.1) is 5.92 Å². The third-order valence-electron chi connectivity index (χ3n) is 4.70. The Morgan fingerprint density at radius 1 is 0.923 bits per heavy atom. The predicted octanol–water partition coefficient (Wildman–Crippen LogP) is 2.42. The van der Waals surface area contributed by atoms with Gasteiger partial charge in [-0.25, -0.2) is 0 Å². The fourth-order valence-corrected chi connectivity index (χ4v) is 3.43. The Kier molecular flexibility index (Phi) is 3.68. The molecule has 0 radical (unpaired) electrons. The molecule has 2 heterocycles. The third-order valence-corrected chi connectivity index (χ3v) is 4.70. The summed E-state index contributed by atoms with van der Waals surface area (Å²) >= 11 is 0. The number of aromatic nitrogens is 2. The number of amides is 2. The van der Waals surface area contributed by atoms with E-state index in [-0.39, 0.29) is 11.8 Å². The maximum absolute atomic E-state index is 13.2. The smallest absolute Gasteiger partial charge is 0.269 e. The summed E-state index contributed by atoms with van der Waals surface area (Å²) in [6, 6.07) is 13.3. The van der Waals surface area contributed by atoms with Crippen molar-refractivity contribution in [1.29, 1.82) is 0 Å². The van der Waals surface area contributed by atoms with Crippen molar-refractivity contribution in [2.24, 2.45) is 5.92 Å². The monoisotopic (exact) mass is 348 g/mol. The van der Waals surface area contributed by atoms with Crippen molar-refractivity contribution in [2.75, 3.05) is 0 Å². The second-order valence-corrected chi connectivity index (χ2v) is 6.75. The minimum absolute atomic E-state index is 0.233. The number of para-hydroxylation sites is 1. The number of carbonyl (C=O) groups excluding carboxylic acids is 3. The average molecular weight is 348 g/mol. The molecule has 6 heteroatoms. The highest BCUT2D eigenvalue weighted by atomic mass is 16.2. The maximum Gasteiger partial charge on any atom is 0.305 e. The second-order valence-electron chi connectivity index (χ2n) is 6.75. The van der Waals surface area contributed by atoms with Gasteiger partial charge in [-0.3, -0.25) is 19.3 Å². The molecule has 1 atom stereocenters. The first-order valence-corrected chi connectivity index (χ1v) is 8.49. The zero-order chi connectivity index (χ0) is 18.4. The summed E-state index contributed by atoms with van der Waals surface area (Å²) < 4.78 is 1.36. The molecule has 0 saturated carbocycles. The van der Waals surface area contributed by atoms with Gasteiger partial charge >= 0.3 is 5.91 Å². The van der Waals surface area contributed by atoms with Crippen LogP contribution in [-0.2, 0) is 0 Å². The topological polar surface area (TPSA) is 73.5 Å². The third kappa shape index (κ3) is 2.34. The van der Waals surface area contributed by atoms with E-state index in [0.717, 1.165) is 15.8 Å². The number of fused-ring (bicyclic) bond motifs is 2. The number of aromatic amines is 1. The fraction of sp³-hybridized carbons (Fsp3) is 0.200. The quantitative estimate of drug-likeness (QED) is 0.682. The molecule has 4 rings (SSSR count). The van der Waals surface area contributed by atoms with Gasteiger partial charge in [0, 0.05) is 6.07 Å².